The number of nitrogens with zero attached hydrogens (tertiary/aromatic N) is 1. The van der Waals surface area contributed by atoms with Gasteiger partial charge >= 0.3 is 0 Å². The molecule has 0 bridgehead atoms. The number of hydrogen-bond acceptors (Lipinski definition) is 3. The zero-order chi connectivity index (χ0) is 14.2. The van der Waals surface area contributed by atoms with Gasteiger partial charge in [0.25, 0.3) is 0 Å². The predicted molar refractivity (Wildman–Crippen MR) is 78.6 cm³/mol. The summed E-state index contributed by atoms with van der Waals surface area (Å²) in [5.74, 6) is 0. The van der Waals surface area contributed by atoms with Gasteiger partial charge in [-0.2, -0.15) is 5.26 Å². The van der Waals surface area contributed by atoms with Crippen molar-refractivity contribution in [2.24, 2.45) is 0 Å². The number of rotatable bonds is 6. The van der Waals surface area contributed by atoms with Gasteiger partial charge in [-0.3, -0.25) is 0 Å². The maximum absolute atomic E-state index is 9.01. The lowest BCUT2D eigenvalue weighted by atomic mass is 10.0. The molecule has 0 heterocycles. The molecule has 2 aromatic carbocycles. The minimum Gasteiger partial charge on any atom is -0.392 e. The Morgan fingerprint density at radius 1 is 1.00 bits per heavy atom. The van der Waals surface area contributed by atoms with E-state index >= 15 is 0 Å². The van der Waals surface area contributed by atoms with Crippen LogP contribution >= 0.6 is 0 Å². The number of hydrogen-bond donors (Lipinski definition) is 2. The van der Waals surface area contributed by atoms with E-state index in [2.05, 4.69) is 11.4 Å². The zero-order valence-corrected chi connectivity index (χ0v) is 11.3. The molecule has 20 heavy (non-hydrogen) atoms. The van der Waals surface area contributed by atoms with Crippen LogP contribution in [0.15, 0.2) is 54.6 Å². The lowest BCUT2D eigenvalue weighted by Crippen LogP contribution is -2.20. The fourth-order valence-corrected chi connectivity index (χ4v) is 2.09. The molecule has 3 nitrogen and oxygen atoms in total. The summed E-state index contributed by atoms with van der Waals surface area (Å²) in [5.41, 5.74) is 3.17. The summed E-state index contributed by atoms with van der Waals surface area (Å²) >= 11 is 0. The lowest BCUT2D eigenvalue weighted by Gasteiger charge is -2.16. The molecule has 2 aromatic rings. The van der Waals surface area contributed by atoms with Crippen molar-refractivity contribution in [3.05, 3.63) is 71.3 Å². The van der Waals surface area contributed by atoms with Gasteiger partial charge in [-0.05, 0) is 16.7 Å². The van der Waals surface area contributed by atoms with Gasteiger partial charge in [0.15, 0.2) is 0 Å². The monoisotopic (exact) mass is 266 g/mol. The van der Waals surface area contributed by atoms with Gasteiger partial charge in [-0.15, -0.1) is 0 Å². The third kappa shape index (κ3) is 3.92. The van der Waals surface area contributed by atoms with Crippen molar-refractivity contribution in [1.82, 2.24) is 5.32 Å². The van der Waals surface area contributed by atoms with Gasteiger partial charge in [0.2, 0.25) is 0 Å². The normalized spacial score (nSPS) is 11.8. The lowest BCUT2D eigenvalue weighted by molar-refractivity contribution is 0.282. The van der Waals surface area contributed by atoms with E-state index in [1.165, 1.54) is 0 Å². The van der Waals surface area contributed by atoms with Gasteiger partial charge < -0.3 is 10.4 Å². The largest absolute Gasteiger partial charge is 0.392 e. The van der Waals surface area contributed by atoms with Gasteiger partial charge in [-0.25, -0.2) is 0 Å². The first-order chi connectivity index (χ1) is 9.83. The quantitative estimate of drug-likeness (QED) is 0.845. The number of benzene rings is 2. The molecule has 0 saturated heterocycles. The van der Waals surface area contributed by atoms with E-state index in [0.717, 1.165) is 16.7 Å². The third-order valence-corrected chi connectivity index (χ3v) is 3.26. The summed E-state index contributed by atoms with van der Waals surface area (Å²) < 4.78 is 0. The van der Waals surface area contributed by atoms with Crippen LogP contribution in [0.5, 0.6) is 0 Å². The molecule has 1 unspecified atom stereocenters. The van der Waals surface area contributed by atoms with Crippen LogP contribution in [-0.2, 0) is 13.2 Å². The Kier molecular flexibility index (Phi) is 5.31. The van der Waals surface area contributed by atoms with Crippen LogP contribution in [0.4, 0.5) is 0 Å². The Morgan fingerprint density at radius 3 is 2.25 bits per heavy atom. The highest BCUT2D eigenvalue weighted by Crippen LogP contribution is 2.16. The Bertz CT molecular complexity index is 558. The summed E-state index contributed by atoms with van der Waals surface area (Å²) in [5, 5.41) is 21.4. The standard InChI is InChI=1S/C17H18N2O/c18-11-10-17(16-4-2-1-3-5-16)19-12-14-6-8-15(13-20)9-7-14/h1-9,17,19-20H,10,12-13H2. The van der Waals surface area contributed by atoms with E-state index in [9.17, 15) is 0 Å². The summed E-state index contributed by atoms with van der Waals surface area (Å²) in [6.45, 7) is 0.766. The molecule has 0 spiro atoms. The van der Waals surface area contributed by atoms with E-state index in [-0.39, 0.29) is 12.6 Å². The first-order valence-corrected chi connectivity index (χ1v) is 6.67. The van der Waals surface area contributed by atoms with E-state index in [1.54, 1.807) is 0 Å². The Balaban J connectivity index is 2.00. The van der Waals surface area contributed by atoms with Gasteiger partial charge in [0.1, 0.15) is 0 Å². The van der Waals surface area contributed by atoms with Crippen LogP contribution in [0.25, 0.3) is 0 Å². The predicted octanol–water partition coefficient (Wildman–Crippen LogP) is 2.92. The highest BCUT2D eigenvalue weighted by Gasteiger charge is 2.09. The van der Waals surface area contributed by atoms with Crippen molar-refractivity contribution >= 4 is 0 Å². The first kappa shape index (κ1) is 14.3. The number of nitrogens with one attached hydrogen (secondary N) is 1. The maximum atomic E-state index is 9.01. The number of nitriles is 1. The van der Waals surface area contributed by atoms with Crippen molar-refractivity contribution in [2.45, 2.75) is 25.6 Å². The van der Waals surface area contributed by atoms with Crippen molar-refractivity contribution in [3.8, 4) is 6.07 Å². The minimum atomic E-state index is 0.0405. The fraction of sp³-hybridized carbons (Fsp3) is 0.235. The molecule has 0 aromatic heterocycles. The van der Waals surface area contributed by atoms with Gasteiger partial charge in [0.05, 0.1) is 19.1 Å². The zero-order valence-electron chi connectivity index (χ0n) is 11.3. The summed E-state index contributed by atoms with van der Waals surface area (Å²) in [4.78, 5) is 0. The van der Waals surface area contributed by atoms with Crippen LogP contribution in [-0.4, -0.2) is 5.11 Å². The van der Waals surface area contributed by atoms with E-state index in [4.69, 9.17) is 10.4 Å². The first-order valence-electron chi connectivity index (χ1n) is 6.67. The average molecular weight is 266 g/mol. The second kappa shape index (κ2) is 7.44. The highest BCUT2D eigenvalue weighted by molar-refractivity contribution is 5.23. The van der Waals surface area contributed by atoms with Crippen LogP contribution in [0, 0.1) is 11.3 Å². The Labute approximate surface area is 119 Å². The smallest absolute Gasteiger partial charge is 0.0681 e. The maximum Gasteiger partial charge on any atom is 0.0681 e. The molecule has 1 atom stereocenters. The van der Waals surface area contributed by atoms with Gasteiger partial charge in [-0.1, -0.05) is 54.6 Å². The number of aliphatic hydroxyl groups is 1. The molecule has 0 saturated carbocycles. The molecule has 102 valence electrons. The minimum absolute atomic E-state index is 0.0405. The Morgan fingerprint density at radius 2 is 1.65 bits per heavy atom. The molecule has 3 heteroatoms. The average Bonchev–Trinajstić information content (AvgIpc) is 2.53. The summed E-state index contributed by atoms with van der Waals surface area (Å²) in [6, 6.07) is 20.1. The molecule has 0 aliphatic carbocycles. The summed E-state index contributed by atoms with van der Waals surface area (Å²) in [6.07, 6.45) is 0.443. The van der Waals surface area contributed by atoms with Crippen molar-refractivity contribution in [1.29, 1.82) is 5.26 Å². The highest BCUT2D eigenvalue weighted by atomic mass is 16.3. The molecule has 0 aliphatic rings. The van der Waals surface area contributed by atoms with Gasteiger partial charge in [0, 0.05) is 12.6 Å². The fourth-order valence-electron chi connectivity index (χ4n) is 2.09. The third-order valence-electron chi connectivity index (χ3n) is 3.26. The second-order valence-corrected chi connectivity index (χ2v) is 4.68. The number of aliphatic hydroxyl groups excluding tert-OH is 1. The van der Waals surface area contributed by atoms with Crippen molar-refractivity contribution in [2.75, 3.05) is 0 Å². The molecule has 2 rings (SSSR count). The molecular weight excluding hydrogens is 248 g/mol. The second-order valence-electron chi connectivity index (χ2n) is 4.68. The Hall–Kier alpha value is -2.15. The molecule has 0 amide bonds. The molecule has 0 fully saturated rings. The van der Waals surface area contributed by atoms with E-state index in [1.807, 2.05) is 54.6 Å². The topological polar surface area (TPSA) is 56.0 Å². The summed E-state index contributed by atoms with van der Waals surface area (Å²) in [7, 11) is 0. The van der Waals surface area contributed by atoms with Crippen molar-refractivity contribution in [3.63, 3.8) is 0 Å². The molecule has 2 N–H and O–H groups in total. The van der Waals surface area contributed by atoms with Crippen LogP contribution in [0.2, 0.25) is 0 Å². The van der Waals surface area contributed by atoms with Crippen molar-refractivity contribution < 1.29 is 5.11 Å². The van der Waals surface area contributed by atoms with Crippen LogP contribution < -0.4 is 5.32 Å². The van der Waals surface area contributed by atoms with Crippen LogP contribution in [0.1, 0.15) is 29.2 Å². The molecule has 0 radical (unpaired) electrons. The molecule has 0 aliphatic heterocycles. The SMILES string of the molecule is N#CCC(NCc1ccc(CO)cc1)c1ccccc1. The van der Waals surface area contributed by atoms with E-state index in [0.29, 0.717) is 13.0 Å². The van der Waals surface area contributed by atoms with E-state index < -0.39 is 0 Å². The molecular formula is C17H18N2O. The van der Waals surface area contributed by atoms with Crippen LogP contribution in [0.3, 0.4) is 0 Å².